The molecular weight excluding hydrogens is 316 g/mol. The van der Waals surface area contributed by atoms with Gasteiger partial charge in [-0.3, -0.25) is 0 Å². The van der Waals surface area contributed by atoms with Crippen LogP contribution < -0.4 is 0 Å². The predicted molar refractivity (Wildman–Crippen MR) is 97.0 cm³/mol. The molecule has 0 radical (unpaired) electrons. The Morgan fingerprint density at radius 3 is 1.42 bits per heavy atom. The molecule has 0 atom stereocenters. The monoisotopic (exact) mass is 340 g/mol. The Labute approximate surface area is 136 Å². The molecule has 7 heteroatoms. The number of methoxy groups -OCH3 is 1. The van der Waals surface area contributed by atoms with E-state index in [2.05, 4.69) is 37.5 Å². The van der Waals surface area contributed by atoms with Crippen LogP contribution in [0.4, 0.5) is 0 Å². The Bertz CT molecular complexity index is 255. The zero-order valence-corrected chi connectivity index (χ0v) is 15.6. The van der Waals surface area contributed by atoms with Crippen LogP contribution in [0.5, 0.6) is 0 Å². The summed E-state index contributed by atoms with van der Waals surface area (Å²) in [7, 11) is 1.69. The van der Waals surface area contributed by atoms with Gasteiger partial charge in [-0.15, -0.1) is 0 Å². The number of hydrogen-bond acceptors (Lipinski definition) is 5. The molecule has 0 spiro atoms. The first-order chi connectivity index (χ1) is 9.03. The summed E-state index contributed by atoms with van der Waals surface area (Å²) in [6.45, 7) is 12.1. The standard InChI is InChI=1S/C12H24N2OS4/c1-6-13(7-2)10(16)18-12(15-5)19-11(17)14(8-3)9-4/h12H,6-9H2,1-5H3. The fraction of sp³-hybridized carbons (Fsp3) is 0.833. The smallest absolute Gasteiger partial charge is 0.162 e. The van der Waals surface area contributed by atoms with Gasteiger partial charge in [0.2, 0.25) is 0 Å². The lowest BCUT2D eigenvalue weighted by Crippen LogP contribution is -2.30. The Kier molecular flexibility index (Phi) is 11.4. The van der Waals surface area contributed by atoms with E-state index >= 15 is 0 Å². The Morgan fingerprint density at radius 2 is 1.21 bits per heavy atom. The molecule has 0 bridgehead atoms. The summed E-state index contributed by atoms with van der Waals surface area (Å²) in [6.07, 6.45) is 0. The van der Waals surface area contributed by atoms with E-state index in [0.717, 1.165) is 34.8 Å². The van der Waals surface area contributed by atoms with Crippen LogP contribution in [-0.4, -0.2) is 56.5 Å². The maximum atomic E-state index is 5.47. The molecule has 3 nitrogen and oxygen atoms in total. The third-order valence-corrected chi connectivity index (χ3v) is 5.99. The molecule has 0 amide bonds. The lowest BCUT2D eigenvalue weighted by molar-refractivity contribution is 0.236. The van der Waals surface area contributed by atoms with Crippen molar-refractivity contribution in [2.45, 2.75) is 32.5 Å². The van der Waals surface area contributed by atoms with Gasteiger partial charge in [-0.25, -0.2) is 0 Å². The van der Waals surface area contributed by atoms with Crippen molar-refractivity contribution in [3.63, 3.8) is 0 Å². The van der Waals surface area contributed by atoms with E-state index in [4.69, 9.17) is 29.2 Å². The Hall–Kier alpha value is 0.440. The summed E-state index contributed by atoms with van der Waals surface area (Å²) in [5, 5.41) is 0. The number of thiocarbonyl (C=S) groups is 2. The van der Waals surface area contributed by atoms with E-state index < -0.39 is 0 Å². The van der Waals surface area contributed by atoms with Gasteiger partial charge in [0.1, 0.15) is 8.64 Å². The van der Waals surface area contributed by atoms with E-state index in [0.29, 0.717) is 0 Å². The van der Waals surface area contributed by atoms with Crippen molar-refractivity contribution in [2.24, 2.45) is 0 Å². The molecule has 0 saturated carbocycles. The van der Waals surface area contributed by atoms with Gasteiger partial charge in [-0.2, -0.15) is 0 Å². The summed E-state index contributed by atoms with van der Waals surface area (Å²) in [5.74, 6) is 0. The molecule has 0 aliphatic carbocycles. The fourth-order valence-corrected chi connectivity index (χ4v) is 4.88. The first-order valence-electron chi connectivity index (χ1n) is 6.47. The van der Waals surface area contributed by atoms with Gasteiger partial charge in [-0.05, 0) is 27.7 Å². The maximum absolute atomic E-state index is 5.47. The van der Waals surface area contributed by atoms with Crippen LogP contribution in [0.15, 0.2) is 0 Å². The fourth-order valence-electron chi connectivity index (χ4n) is 1.40. The highest BCUT2D eigenvalue weighted by Gasteiger charge is 2.19. The van der Waals surface area contributed by atoms with Crippen molar-refractivity contribution >= 4 is 56.6 Å². The van der Waals surface area contributed by atoms with Gasteiger partial charge in [0, 0.05) is 33.3 Å². The molecule has 112 valence electrons. The van der Waals surface area contributed by atoms with Crippen molar-refractivity contribution in [3.8, 4) is 0 Å². The lowest BCUT2D eigenvalue weighted by Gasteiger charge is -2.26. The maximum Gasteiger partial charge on any atom is 0.162 e. The Balaban J connectivity index is 4.43. The topological polar surface area (TPSA) is 15.7 Å². The van der Waals surface area contributed by atoms with Crippen LogP contribution in [0.25, 0.3) is 0 Å². The van der Waals surface area contributed by atoms with E-state index in [1.807, 2.05) is 0 Å². The number of hydrogen-bond donors (Lipinski definition) is 0. The lowest BCUT2D eigenvalue weighted by atomic mass is 10.6. The first kappa shape index (κ1) is 19.4. The second-order valence-electron chi connectivity index (χ2n) is 3.64. The molecule has 0 fully saturated rings. The SMILES string of the molecule is CCN(CC)C(=S)SC(OC)SC(=S)N(CC)CC. The van der Waals surface area contributed by atoms with Gasteiger partial charge >= 0.3 is 0 Å². The van der Waals surface area contributed by atoms with Gasteiger partial charge in [0.05, 0.1) is 0 Å². The zero-order chi connectivity index (χ0) is 14.8. The second-order valence-corrected chi connectivity index (χ2v) is 7.33. The minimum Gasteiger partial charge on any atom is -0.360 e. The van der Waals surface area contributed by atoms with Gasteiger partial charge < -0.3 is 14.5 Å². The highest BCUT2D eigenvalue weighted by atomic mass is 32.2. The number of rotatable bonds is 7. The minimum atomic E-state index is -0.0822. The zero-order valence-electron chi connectivity index (χ0n) is 12.3. The summed E-state index contributed by atoms with van der Waals surface area (Å²) in [5.41, 5.74) is 0. The van der Waals surface area contributed by atoms with Gasteiger partial charge in [0.25, 0.3) is 0 Å². The molecule has 0 aliphatic heterocycles. The highest BCUT2D eigenvalue weighted by Crippen LogP contribution is 2.29. The second kappa shape index (κ2) is 11.1. The predicted octanol–water partition coefficient (Wildman–Crippen LogP) is 3.64. The van der Waals surface area contributed by atoms with Crippen molar-refractivity contribution in [1.29, 1.82) is 0 Å². The minimum absolute atomic E-state index is 0.0822. The van der Waals surface area contributed by atoms with Crippen molar-refractivity contribution in [1.82, 2.24) is 9.80 Å². The third-order valence-electron chi connectivity index (χ3n) is 2.63. The largest absolute Gasteiger partial charge is 0.360 e. The first-order valence-corrected chi connectivity index (χ1v) is 9.05. The summed E-state index contributed by atoms with van der Waals surface area (Å²) in [6, 6.07) is 0. The molecule has 0 aromatic rings. The molecule has 0 aliphatic rings. The van der Waals surface area contributed by atoms with Crippen molar-refractivity contribution in [3.05, 3.63) is 0 Å². The third kappa shape index (κ3) is 7.13. The van der Waals surface area contributed by atoms with Crippen molar-refractivity contribution < 1.29 is 4.74 Å². The van der Waals surface area contributed by atoms with Crippen LogP contribution in [0.3, 0.4) is 0 Å². The van der Waals surface area contributed by atoms with E-state index in [9.17, 15) is 0 Å². The summed E-state index contributed by atoms with van der Waals surface area (Å²) in [4.78, 5) is 4.29. The van der Waals surface area contributed by atoms with Crippen LogP contribution in [0.1, 0.15) is 27.7 Å². The quantitative estimate of drug-likeness (QED) is 0.513. The normalized spacial score (nSPS) is 10.6. The molecular formula is C12H24N2OS4. The van der Waals surface area contributed by atoms with Gasteiger partial charge in [-0.1, -0.05) is 48.0 Å². The average molecular weight is 341 g/mol. The van der Waals surface area contributed by atoms with E-state index in [1.165, 1.54) is 0 Å². The number of nitrogens with zero attached hydrogens (tertiary/aromatic N) is 2. The van der Waals surface area contributed by atoms with Crippen molar-refractivity contribution in [2.75, 3.05) is 33.3 Å². The Morgan fingerprint density at radius 1 is 0.895 bits per heavy atom. The highest BCUT2D eigenvalue weighted by molar-refractivity contribution is 8.36. The molecule has 0 unspecified atom stereocenters. The number of ether oxygens (including phenoxy) is 1. The van der Waals surface area contributed by atoms with Crippen LogP contribution in [-0.2, 0) is 4.74 Å². The van der Waals surface area contributed by atoms with E-state index in [-0.39, 0.29) is 4.77 Å². The van der Waals surface area contributed by atoms with Crippen LogP contribution >= 0.6 is 48.0 Å². The summed E-state index contributed by atoms with van der Waals surface area (Å²) < 4.78 is 7.12. The molecule has 19 heavy (non-hydrogen) atoms. The number of thioether (sulfide) groups is 2. The summed E-state index contributed by atoms with van der Waals surface area (Å²) >= 11 is 14.0. The van der Waals surface area contributed by atoms with E-state index in [1.54, 1.807) is 30.6 Å². The van der Waals surface area contributed by atoms with Crippen LogP contribution in [0, 0.1) is 0 Å². The molecule has 0 heterocycles. The van der Waals surface area contributed by atoms with Gasteiger partial charge in [0.15, 0.2) is 4.77 Å². The molecule has 0 aromatic carbocycles. The molecule has 0 saturated heterocycles. The molecule has 0 rings (SSSR count). The molecule has 0 N–H and O–H groups in total. The average Bonchev–Trinajstić information content (AvgIpc) is 2.40. The molecule has 0 aromatic heterocycles. The van der Waals surface area contributed by atoms with Crippen LogP contribution in [0.2, 0.25) is 0 Å².